The van der Waals surface area contributed by atoms with Crippen molar-refractivity contribution in [3.05, 3.63) is 0 Å². The first-order valence-electron chi connectivity index (χ1n) is 7.05. The molecule has 1 rings (SSSR count). The van der Waals surface area contributed by atoms with Gasteiger partial charge in [0, 0.05) is 6.61 Å². The maximum Gasteiger partial charge on any atom is 0.195 e. The fraction of sp³-hybridized carbons (Fsp3) is 1.00. The monoisotopic (exact) mass is 244 g/mol. The number of rotatable bonds is 5. The molecule has 2 nitrogen and oxygen atoms in total. The van der Waals surface area contributed by atoms with Gasteiger partial charge < -0.3 is 9.16 Å². The van der Waals surface area contributed by atoms with Crippen LogP contribution in [0.3, 0.4) is 0 Å². The lowest BCUT2D eigenvalue weighted by Gasteiger charge is -2.33. The normalized spacial score (nSPS) is 23.8. The Labute approximate surface area is 102 Å². The van der Waals surface area contributed by atoms with Crippen molar-refractivity contribution in [2.75, 3.05) is 6.61 Å². The van der Waals surface area contributed by atoms with E-state index in [1.54, 1.807) is 0 Å². The van der Waals surface area contributed by atoms with Gasteiger partial charge in [-0.2, -0.15) is 0 Å². The Bertz CT molecular complexity index is 165. The zero-order valence-electron chi connectivity index (χ0n) is 11.3. The molecule has 0 spiro atoms. The Kier molecular flexibility index (Phi) is 6.62. The molecule has 16 heavy (non-hydrogen) atoms. The molecule has 0 aromatic rings. The third kappa shape index (κ3) is 4.19. The molecule has 0 N–H and O–H groups in total. The first kappa shape index (κ1) is 14.2. The van der Waals surface area contributed by atoms with Crippen LogP contribution in [0.4, 0.5) is 0 Å². The number of ether oxygens (including phenoxy) is 1. The maximum absolute atomic E-state index is 6.38. The van der Waals surface area contributed by atoms with Gasteiger partial charge in [0.1, 0.15) is 6.29 Å². The highest BCUT2D eigenvalue weighted by molar-refractivity contribution is 6.73. The Balaban J connectivity index is 2.47. The zero-order valence-corrected chi connectivity index (χ0v) is 12.3. The van der Waals surface area contributed by atoms with Gasteiger partial charge in [-0.1, -0.05) is 33.6 Å². The molecule has 0 aliphatic carbocycles. The van der Waals surface area contributed by atoms with Gasteiger partial charge in [0.25, 0.3) is 0 Å². The van der Waals surface area contributed by atoms with Crippen LogP contribution in [0.15, 0.2) is 0 Å². The average molecular weight is 244 g/mol. The van der Waals surface area contributed by atoms with Gasteiger partial charge in [0.2, 0.25) is 0 Å². The van der Waals surface area contributed by atoms with Crippen LogP contribution < -0.4 is 0 Å². The molecular formula is C13H28O2Si. The van der Waals surface area contributed by atoms with Crippen molar-refractivity contribution in [3.63, 3.8) is 0 Å². The largest absolute Gasteiger partial charge is 0.392 e. The minimum atomic E-state index is -1.47. The molecule has 0 aromatic carbocycles. The summed E-state index contributed by atoms with van der Waals surface area (Å²) < 4.78 is 12.2. The minimum absolute atomic E-state index is 0.104. The van der Waals surface area contributed by atoms with Crippen molar-refractivity contribution < 1.29 is 9.16 Å². The molecule has 0 radical (unpaired) electrons. The van der Waals surface area contributed by atoms with Crippen LogP contribution in [0.25, 0.3) is 0 Å². The first-order valence-corrected chi connectivity index (χ1v) is 9.58. The van der Waals surface area contributed by atoms with E-state index in [1.807, 2.05) is 0 Å². The second kappa shape index (κ2) is 7.46. The highest BCUT2D eigenvalue weighted by atomic mass is 28.4. The van der Waals surface area contributed by atoms with Crippen molar-refractivity contribution in [2.24, 2.45) is 0 Å². The van der Waals surface area contributed by atoms with E-state index in [4.69, 9.17) is 9.16 Å². The maximum atomic E-state index is 6.38. The highest BCUT2D eigenvalue weighted by Gasteiger charge is 2.32. The van der Waals surface area contributed by atoms with E-state index in [0.717, 1.165) is 13.0 Å². The van der Waals surface area contributed by atoms with E-state index in [9.17, 15) is 0 Å². The van der Waals surface area contributed by atoms with E-state index in [2.05, 4.69) is 20.8 Å². The van der Waals surface area contributed by atoms with Gasteiger partial charge >= 0.3 is 0 Å². The second-order valence-corrected chi connectivity index (χ2v) is 9.59. The summed E-state index contributed by atoms with van der Waals surface area (Å²) in [6.07, 6.45) is 6.36. The molecule has 96 valence electrons. The Hall–Kier alpha value is 0.137. The molecule has 1 fully saturated rings. The third-order valence-electron chi connectivity index (χ3n) is 3.95. The molecule has 1 heterocycles. The smallest absolute Gasteiger partial charge is 0.195 e. The molecule has 0 saturated carbocycles. The van der Waals surface area contributed by atoms with Gasteiger partial charge in [-0.3, -0.25) is 0 Å². The molecule has 3 heteroatoms. The summed E-state index contributed by atoms with van der Waals surface area (Å²) in [5.74, 6) is 0. The van der Waals surface area contributed by atoms with Gasteiger partial charge in [0.15, 0.2) is 8.32 Å². The molecule has 1 unspecified atom stereocenters. The fourth-order valence-electron chi connectivity index (χ4n) is 2.44. The van der Waals surface area contributed by atoms with Crippen LogP contribution in [0, 0.1) is 0 Å². The van der Waals surface area contributed by atoms with Crippen LogP contribution >= 0.6 is 0 Å². The first-order chi connectivity index (χ1) is 7.76. The van der Waals surface area contributed by atoms with Crippen LogP contribution in [-0.4, -0.2) is 21.2 Å². The summed E-state index contributed by atoms with van der Waals surface area (Å²) in [4.78, 5) is 0. The second-order valence-electron chi connectivity index (χ2n) is 4.86. The minimum Gasteiger partial charge on any atom is -0.392 e. The summed E-state index contributed by atoms with van der Waals surface area (Å²) in [6.45, 7) is 7.73. The summed E-state index contributed by atoms with van der Waals surface area (Å²) in [5.41, 5.74) is 0. The standard InChI is InChI=1S/C13H28O2Si/c1-4-16(5-2,6-3)15-13-11-9-7-8-10-12-14-13/h13H,4-12H2,1-3H3. The van der Waals surface area contributed by atoms with Crippen molar-refractivity contribution in [3.8, 4) is 0 Å². The van der Waals surface area contributed by atoms with Crippen LogP contribution in [0.5, 0.6) is 0 Å². The van der Waals surface area contributed by atoms with Crippen molar-refractivity contribution in [2.45, 2.75) is 77.3 Å². The zero-order chi connectivity index (χ0) is 11.9. The van der Waals surface area contributed by atoms with Crippen molar-refractivity contribution in [1.29, 1.82) is 0 Å². The molecule has 1 aliphatic rings. The van der Waals surface area contributed by atoms with E-state index in [1.165, 1.54) is 43.8 Å². The lowest BCUT2D eigenvalue weighted by atomic mass is 10.1. The fourth-order valence-corrected chi connectivity index (χ4v) is 5.18. The van der Waals surface area contributed by atoms with Gasteiger partial charge in [0.05, 0.1) is 0 Å². The SMILES string of the molecule is CC[Si](CC)(CC)OC1CCCCCCO1. The van der Waals surface area contributed by atoms with Gasteiger partial charge in [-0.05, 0) is 37.4 Å². The third-order valence-corrected chi connectivity index (χ3v) is 8.58. The van der Waals surface area contributed by atoms with Gasteiger partial charge in [-0.15, -0.1) is 0 Å². The van der Waals surface area contributed by atoms with E-state index in [0.29, 0.717) is 0 Å². The van der Waals surface area contributed by atoms with E-state index < -0.39 is 8.32 Å². The molecular weight excluding hydrogens is 216 g/mol. The average Bonchev–Trinajstić information content (AvgIpc) is 2.29. The molecule has 1 aliphatic heterocycles. The summed E-state index contributed by atoms with van der Waals surface area (Å²) in [6, 6.07) is 3.67. The number of hydrogen-bond acceptors (Lipinski definition) is 2. The Morgan fingerprint density at radius 3 is 2.25 bits per heavy atom. The molecule has 1 saturated heterocycles. The molecule has 0 amide bonds. The molecule has 0 aromatic heterocycles. The Morgan fingerprint density at radius 2 is 1.62 bits per heavy atom. The predicted octanol–water partition coefficient (Wildman–Crippen LogP) is 4.32. The predicted molar refractivity (Wildman–Crippen MR) is 71.1 cm³/mol. The van der Waals surface area contributed by atoms with Gasteiger partial charge in [-0.25, -0.2) is 0 Å². The summed E-state index contributed by atoms with van der Waals surface area (Å²) in [5, 5.41) is 0. The summed E-state index contributed by atoms with van der Waals surface area (Å²) in [7, 11) is -1.47. The lowest BCUT2D eigenvalue weighted by molar-refractivity contribution is -0.0979. The van der Waals surface area contributed by atoms with Crippen molar-refractivity contribution in [1.82, 2.24) is 0 Å². The topological polar surface area (TPSA) is 18.5 Å². The molecule has 1 atom stereocenters. The van der Waals surface area contributed by atoms with E-state index >= 15 is 0 Å². The van der Waals surface area contributed by atoms with Crippen molar-refractivity contribution >= 4 is 8.32 Å². The summed E-state index contributed by atoms with van der Waals surface area (Å²) >= 11 is 0. The molecule has 0 bridgehead atoms. The Morgan fingerprint density at radius 1 is 1.00 bits per heavy atom. The van der Waals surface area contributed by atoms with E-state index in [-0.39, 0.29) is 6.29 Å². The quantitative estimate of drug-likeness (QED) is 0.671. The lowest BCUT2D eigenvalue weighted by Crippen LogP contribution is -2.41. The van der Waals surface area contributed by atoms with Crippen LogP contribution in [-0.2, 0) is 9.16 Å². The van der Waals surface area contributed by atoms with Crippen LogP contribution in [0.2, 0.25) is 18.1 Å². The van der Waals surface area contributed by atoms with Crippen LogP contribution in [0.1, 0.15) is 52.9 Å². The number of hydrogen-bond donors (Lipinski definition) is 0. The highest BCUT2D eigenvalue weighted by Crippen LogP contribution is 2.26.